The lowest BCUT2D eigenvalue weighted by molar-refractivity contribution is -0.0252. The van der Waals surface area contributed by atoms with Gasteiger partial charge in [0.2, 0.25) is 0 Å². The molecule has 0 spiro atoms. The molecule has 3 aliphatic rings. The Kier molecular flexibility index (Phi) is 6.94. The molecule has 1 amide bonds. The summed E-state index contributed by atoms with van der Waals surface area (Å²) < 4.78 is 11.7. The molecule has 0 saturated carbocycles. The van der Waals surface area contributed by atoms with Crippen molar-refractivity contribution < 1.29 is 14.3 Å². The first-order chi connectivity index (χ1) is 12.8. The monoisotopic (exact) mass is 375 g/mol. The highest BCUT2D eigenvalue weighted by Gasteiger charge is 2.37. The smallest absolute Gasteiger partial charge is 0.410 e. The van der Waals surface area contributed by atoms with Crippen molar-refractivity contribution in [1.29, 1.82) is 0 Å². The van der Waals surface area contributed by atoms with Gasteiger partial charge in [0, 0.05) is 13.1 Å². The number of piperidine rings is 1. The number of fused-ring (bicyclic) bond motifs is 2. The van der Waals surface area contributed by atoms with Crippen LogP contribution < -0.4 is 0 Å². The van der Waals surface area contributed by atoms with Crippen molar-refractivity contribution in [3.8, 4) is 0 Å². The lowest BCUT2D eigenvalue weighted by atomic mass is 9.27. The molecule has 2 bridgehead atoms. The Hall–Kier alpha value is -0.965. The first-order valence-corrected chi connectivity index (χ1v) is 11.1. The number of hydrogen-bond acceptors (Lipinski definition) is 3. The van der Waals surface area contributed by atoms with Crippen molar-refractivity contribution in [1.82, 2.24) is 4.90 Å². The molecule has 0 aromatic carbocycles. The molecule has 27 heavy (non-hydrogen) atoms. The third-order valence-corrected chi connectivity index (χ3v) is 6.49. The van der Waals surface area contributed by atoms with E-state index >= 15 is 0 Å². The molecule has 3 aliphatic heterocycles. The van der Waals surface area contributed by atoms with Gasteiger partial charge in [0.1, 0.15) is 5.60 Å². The van der Waals surface area contributed by atoms with Crippen LogP contribution in [-0.2, 0) is 9.47 Å². The van der Waals surface area contributed by atoms with Gasteiger partial charge in [-0.1, -0.05) is 56.2 Å². The molecule has 1 atom stereocenters. The fourth-order valence-electron chi connectivity index (χ4n) is 5.18. The van der Waals surface area contributed by atoms with Crippen molar-refractivity contribution in [3.63, 3.8) is 0 Å². The largest absolute Gasteiger partial charge is 0.444 e. The molecule has 3 rings (SSSR count). The number of ether oxygens (including phenoxy) is 2. The lowest BCUT2D eigenvalue weighted by Gasteiger charge is -2.39. The van der Waals surface area contributed by atoms with E-state index in [4.69, 9.17) is 9.47 Å². The van der Waals surface area contributed by atoms with Gasteiger partial charge in [-0.3, -0.25) is 0 Å². The highest BCUT2D eigenvalue weighted by molar-refractivity contribution is 6.67. The molecule has 0 radical (unpaired) electrons. The number of likely N-dealkylation sites (tertiary alicyclic amines) is 1. The molecule has 152 valence electrons. The molecule has 3 heterocycles. The molecule has 4 nitrogen and oxygen atoms in total. The number of rotatable bonds is 4. The summed E-state index contributed by atoms with van der Waals surface area (Å²) in [5, 5.41) is 0. The SMILES string of the molecule is C[C@@H](/C=C/B1C2CCCC1CCC2)OC1CCN(C(=O)OC(C)(C)C)CC1. The quantitative estimate of drug-likeness (QED) is 0.610. The standard InChI is InChI=1S/C22H38BNO3/c1-17(11-14-23-18-7-5-8-19(23)10-6-9-18)26-20-12-15-24(16-13-20)21(25)27-22(2,3)4/h11,14,17-20H,5-10,12-13,15-16H2,1-4H3/b14-11+/t17-,18?,19?/m0/s1. The van der Waals surface area contributed by atoms with Crippen LogP contribution in [0.3, 0.4) is 0 Å². The Morgan fingerprint density at radius 3 is 2.11 bits per heavy atom. The number of carbonyl (C=O) groups is 1. The van der Waals surface area contributed by atoms with Crippen LogP contribution in [0.25, 0.3) is 0 Å². The van der Waals surface area contributed by atoms with Crippen molar-refractivity contribution in [2.24, 2.45) is 0 Å². The van der Waals surface area contributed by atoms with E-state index in [1.54, 1.807) is 0 Å². The van der Waals surface area contributed by atoms with E-state index < -0.39 is 5.60 Å². The van der Waals surface area contributed by atoms with E-state index in [0.29, 0.717) is 0 Å². The molecule has 3 fully saturated rings. The van der Waals surface area contributed by atoms with Gasteiger partial charge in [-0.2, -0.15) is 0 Å². The van der Waals surface area contributed by atoms with Crippen LogP contribution in [0.4, 0.5) is 4.79 Å². The van der Waals surface area contributed by atoms with Crippen LogP contribution in [-0.4, -0.2) is 48.6 Å². The molecular weight excluding hydrogens is 337 g/mol. The average Bonchev–Trinajstić information content (AvgIpc) is 2.58. The molecule has 0 aromatic rings. The van der Waals surface area contributed by atoms with E-state index in [-0.39, 0.29) is 18.3 Å². The molecule has 0 aromatic heterocycles. The zero-order chi connectivity index (χ0) is 19.4. The predicted molar refractivity (Wildman–Crippen MR) is 111 cm³/mol. The average molecular weight is 375 g/mol. The molecule has 0 N–H and O–H groups in total. The first-order valence-electron chi connectivity index (χ1n) is 11.1. The van der Waals surface area contributed by atoms with E-state index in [1.165, 1.54) is 38.5 Å². The maximum Gasteiger partial charge on any atom is 0.410 e. The van der Waals surface area contributed by atoms with Crippen molar-refractivity contribution in [3.05, 3.63) is 12.1 Å². The molecule has 0 unspecified atom stereocenters. The summed E-state index contributed by atoms with van der Waals surface area (Å²) in [5.41, 5.74) is -0.429. The zero-order valence-electron chi connectivity index (χ0n) is 17.8. The minimum absolute atomic E-state index is 0.158. The van der Waals surface area contributed by atoms with Crippen molar-refractivity contribution >= 4 is 12.8 Å². The third-order valence-electron chi connectivity index (χ3n) is 6.49. The van der Waals surface area contributed by atoms with Gasteiger partial charge in [0.25, 0.3) is 0 Å². The van der Waals surface area contributed by atoms with E-state index in [0.717, 1.165) is 44.3 Å². The minimum atomic E-state index is -0.429. The third kappa shape index (κ3) is 6.00. The second-order valence-electron chi connectivity index (χ2n) is 9.85. The second kappa shape index (κ2) is 9.02. The molecular formula is C22H38BNO3. The second-order valence-corrected chi connectivity index (χ2v) is 9.85. The van der Waals surface area contributed by atoms with Gasteiger partial charge >= 0.3 is 6.09 Å². The summed E-state index contributed by atoms with van der Waals surface area (Å²) in [6, 6.07) is 0. The summed E-state index contributed by atoms with van der Waals surface area (Å²) in [6.07, 6.45) is 12.9. The Balaban J connectivity index is 1.42. The van der Waals surface area contributed by atoms with Crippen LogP contribution in [0, 0.1) is 0 Å². The zero-order valence-corrected chi connectivity index (χ0v) is 17.8. The molecule has 0 aliphatic carbocycles. The van der Waals surface area contributed by atoms with E-state index in [1.807, 2.05) is 25.7 Å². The van der Waals surface area contributed by atoms with Crippen LogP contribution in [0.2, 0.25) is 11.6 Å². The van der Waals surface area contributed by atoms with Crippen LogP contribution in [0.5, 0.6) is 0 Å². The molecule has 3 saturated heterocycles. The Labute approximate surface area is 166 Å². The maximum absolute atomic E-state index is 12.2. The fourth-order valence-corrected chi connectivity index (χ4v) is 5.18. The van der Waals surface area contributed by atoms with Gasteiger partial charge in [-0.15, -0.1) is 5.98 Å². The Bertz CT molecular complexity index is 500. The maximum atomic E-state index is 12.2. The highest BCUT2D eigenvalue weighted by atomic mass is 16.6. The van der Waals surface area contributed by atoms with Gasteiger partial charge < -0.3 is 14.4 Å². The number of carbonyl (C=O) groups excluding carboxylic acids is 1. The number of hydrogen-bond donors (Lipinski definition) is 0. The van der Waals surface area contributed by atoms with Crippen molar-refractivity contribution in [2.75, 3.05) is 13.1 Å². The Morgan fingerprint density at radius 1 is 1.04 bits per heavy atom. The highest BCUT2D eigenvalue weighted by Crippen LogP contribution is 2.46. The lowest BCUT2D eigenvalue weighted by Crippen LogP contribution is -2.43. The summed E-state index contributed by atoms with van der Waals surface area (Å²) in [5.74, 6) is 4.31. The summed E-state index contributed by atoms with van der Waals surface area (Å²) in [4.78, 5) is 14.0. The number of nitrogens with zero attached hydrogens (tertiary/aromatic N) is 1. The normalized spacial score (nSPS) is 28.4. The van der Waals surface area contributed by atoms with Crippen molar-refractivity contribution in [2.45, 2.75) is 109 Å². The number of amides is 1. The van der Waals surface area contributed by atoms with Crippen LogP contribution in [0.1, 0.15) is 79.1 Å². The topological polar surface area (TPSA) is 38.8 Å². The Morgan fingerprint density at radius 2 is 1.59 bits per heavy atom. The fraction of sp³-hybridized carbons (Fsp3) is 0.864. The summed E-state index contributed by atoms with van der Waals surface area (Å²) >= 11 is 0. The summed E-state index contributed by atoms with van der Waals surface area (Å²) in [7, 11) is 0. The van der Waals surface area contributed by atoms with Gasteiger partial charge in [0.05, 0.1) is 12.2 Å². The molecule has 5 heteroatoms. The first kappa shape index (κ1) is 20.8. The van der Waals surface area contributed by atoms with E-state index in [2.05, 4.69) is 19.0 Å². The summed E-state index contributed by atoms with van der Waals surface area (Å²) in [6.45, 7) is 10.1. The van der Waals surface area contributed by atoms with E-state index in [9.17, 15) is 4.79 Å². The van der Waals surface area contributed by atoms with Gasteiger partial charge in [0.15, 0.2) is 6.71 Å². The van der Waals surface area contributed by atoms with Gasteiger partial charge in [-0.25, -0.2) is 4.79 Å². The van der Waals surface area contributed by atoms with Gasteiger partial charge in [-0.05, 0) is 40.5 Å². The minimum Gasteiger partial charge on any atom is -0.444 e. The van der Waals surface area contributed by atoms with Crippen LogP contribution in [0.15, 0.2) is 12.1 Å². The van der Waals surface area contributed by atoms with Crippen LogP contribution >= 0.6 is 0 Å². The predicted octanol–water partition coefficient (Wildman–Crippen LogP) is 5.49.